The van der Waals surface area contributed by atoms with Gasteiger partial charge in [0.25, 0.3) is 5.91 Å². The number of carbonyl (C=O) groups excluding carboxylic acids is 3. The lowest BCUT2D eigenvalue weighted by Gasteiger charge is -2.35. The number of nitrogens with one attached hydrogen (secondary N) is 2. The van der Waals surface area contributed by atoms with Crippen LogP contribution in [-0.4, -0.2) is 30.9 Å². The molecule has 0 aromatic heterocycles. The van der Waals surface area contributed by atoms with E-state index < -0.39 is 41.9 Å². The van der Waals surface area contributed by atoms with Crippen molar-refractivity contribution in [1.29, 1.82) is 0 Å². The lowest BCUT2D eigenvalue weighted by atomic mass is 10.0. The van der Waals surface area contributed by atoms with Gasteiger partial charge in [-0.3, -0.25) is 19.3 Å². The lowest BCUT2D eigenvalue weighted by molar-refractivity contribution is -0.137. The van der Waals surface area contributed by atoms with E-state index >= 15 is 0 Å². The van der Waals surface area contributed by atoms with E-state index in [1.165, 1.54) is 30.2 Å². The summed E-state index contributed by atoms with van der Waals surface area (Å²) in [7, 11) is 1.54. The van der Waals surface area contributed by atoms with Gasteiger partial charge in [0.1, 0.15) is 11.8 Å². The highest BCUT2D eigenvalue weighted by molar-refractivity contribution is 6.16. The second-order valence-corrected chi connectivity index (χ2v) is 8.17. The molecule has 37 heavy (non-hydrogen) atoms. The normalized spacial score (nSPS) is 15.2. The quantitative estimate of drug-likeness (QED) is 0.452. The van der Waals surface area contributed by atoms with Crippen molar-refractivity contribution in [2.24, 2.45) is 0 Å². The van der Waals surface area contributed by atoms with Crippen LogP contribution in [0.1, 0.15) is 17.5 Å². The Labute approximate surface area is 210 Å². The van der Waals surface area contributed by atoms with Gasteiger partial charge in [0, 0.05) is 11.8 Å². The molecular weight excluding hydrogens is 487 g/mol. The number of anilines is 3. The molecule has 3 aromatic rings. The molecule has 0 aliphatic carbocycles. The molecule has 0 radical (unpaired) electrons. The molecule has 190 valence electrons. The third-order valence-corrected chi connectivity index (χ3v) is 5.66. The zero-order chi connectivity index (χ0) is 26.6. The molecule has 0 unspecified atom stereocenters. The molecule has 0 spiro atoms. The maximum Gasteiger partial charge on any atom is 0.416 e. The molecule has 10 heteroatoms. The molecule has 2 N–H and O–H groups in total. The second-order valence-electron chi connectivity index (χ2n) is 8.17. The summed E-state index contributed by atoms with van der Waals surface area (Å²) in [6.45, 7) is 0. The summed E-state index contributed by atoms with van der Waals surface area (Å²) < 4.78 is 44.2. The van der Waals surface area contributed by atoms with Crippen LogP contribution < -0.4 is 20.3 Å². The molecule has 1 aliphatic heterocycles. The van der Waals surface area contributed by atoms with E-state index in [2.05, 4.69) is 10.6 Å². The molecule has 1 heterocycles. The second kappa shape index (κ2) is 10.6. The number of carbonyl (C=O) groups is 3. The van der Waals surface area contributed by atoms with E-state index in [-0.39, 0.29) is 5.69 Å². The van der Waals surface area contributed by atoms with E-state index in [9.17, 15) is 27.6 Å². The number of para-hydroxylation sites is 2. The van der Waals surface area contributed by atoms with E-state index in [1.807, 2.05) is 0 Å². The van der Waals surface area contributed by atoms with Crippen molar-refractivity contribution in [3.05, 3.63) is 90.0 Å². The third kappa shape index (κ3) is 5.97. The monoisotopic (exact) mass is 509 g/mol. The van der Waals surface area contributed by atoms with Gasteiger partial charge in [-0.2, -0.15) is 13.2 Å². The lowest BCUT2D eigenvalue weighted by Crippen LogP contribution is -2.52. The summed E-state index contributed by atoms with van der Waals surface area (Å²) in [4.78, 5) is 40.2. The van der Waals surface area contributed by atoms with Crippen LogP contribution in [0.2, 0.25) is 0 Å². The Balaban J connectivity index is 1.57. The Hall–Kier alpha value is -4.60. The van der Waals surface area contributed by atoms with Crippen molar-refractivity contribution in [3.63, 3.8) is 0 Å². The fourth-order valence-electron chi connectivity index (χ4n) is 3.87. The fourth-order valence-corrected chi connectivity index (χ4v) is 3.87. The summed E-state index contributed by atoms with van der Waals surface area (Å²) in [5.74, 6) is -1.22. The zero-order valence-corrected chi connectivity index (χ0v) is 19.6. The van der Waals surface area contributed by atoms with E-state index in [1.54, 1.807) is 54.6 Å². The third-order valence-electron chi connectivity index (χ3n) is 5.66. The Morgan fingerprint density at radius 3 is 2.49 bits per heavy atom. The number of benzene rings is 3. The standard InChI is InChI=1S/C27H22F3N3O4/c1-37-20-12-9-17(10-13-20)11-14-25(35)33-22-8-3-2-7-21(22)32-26(36)23(33)16-24(34)31-19-6-4-5-18(15-19)27(28,29)30/h2-15,23H,16H2,1H3,(H,31,34)(H,32,36)/b14-11+/t23-/m0/s1. The minimum absolute atomic E-state index is 0.0753. The summed E-state index contributed by atoms with van der Waals surface area (Å²) in [6, 6.07) is 16.5. The highest BCUT2D eigenvalue weighted by atomic mass is 19.4. The first kappa shape index (κ1) is 25.5. The Morgan fingerprint density at radius 2 is 1.78 bits per heavy atom. The highest BCUT2D eigenvalue weighted by Crippen LogP contribution is 2.34. The maximum absolute atomic E-state index is 13.3. The minimum Gasteiger partial charge on any atom is -0.497 e. The number of halogens is 3. The first-order chi connectivity index (χ1) is 17.7. The predicted molar refractivity (Wildman–Crippen MR) is 133 cm³/mol. The molecule has 1 aliphatic rings. The van der Waals surface area contributed by atoms with Crippen LogP contribution in [0, 0.1) is 0 Å². The van der Waals surface area contributed by atoms with Crippen molar-refractivity contribution in [3.8, 4) is 5.75 Å². The van der Waals surface area contributed by atoms with Crippen molar-refractivity contribution in [1.82, 2.24) is 0 Å². The largest absolute Gasteiger partial charge is 0.497 e. The first-order valence-corrected chi connectivity index (χ1v) is 11.2. The number of amides is 3. The van der Waals surface area contributed by atoms with Crippen LogP contribution in [0.4, 0.5) is 30.2 Å². The van der Waals surface area contributed by atoms with Gasteiger partial charge in [-0.05, 0) is 54.1 Å². The maximum atomic E-state index is 13.3. The molecule has 0 saturated heterocycles. The smallest absolute Gasteiger partial charge is 0.416 e. The number of rotatable bonds is 6. The van der Waals surface area contributed by atoms with E-state index in [0.717, 1.165) is 12.1 Å². The van der Waals surface area contributed by atoms with Gasteiger partial charge in [-0.25, -0.2) is 0 Å². The van der Waals surface area contributed by atoms with Gasteiger partial charge >= 0.3 is 6.18 Å². The van der Waals surface area contributed by atoms with Crippen LogP contribution in [0.25, 0.3) is 6.08 Å². The Kier molecular flexibility index (Phi) is 7.28. The van der Waals surface area contributed by atoms with Gasteiger partial charge < -0.3 is 15.4 Å². The van der Waals surface area contributed by atoms with Crippen molar-refractivity contribution >= 4 is 40.9 Å². The Morgan fingerprint density at radius 1 is 1.05 bits per heavy atom. The SMILES string of the molecule is COc1ccc(/C=C/C(=O)N2c3ccccc3NC(=O)[C@@H]2CC(=O)Nc2cccc(C(F)(F)F)c2)cc1. The van der Waals surface area contributed by atoms with Crippen LogP contribution in [0.3, 0.4) is 0 Å². The van der Waals surface area contributed by atoms with Gasteiger partial charge in [-0.1, -0.05) is 30.3 Å². The van der Waals surface area contributed by atoms with E-state index in [0.29, 0.717) is 22.7 Å². The molecule has 0 bridgehead atoms. The molecule has 0 fully saturated rings. The molecular formula is C27H22F3N3O4. The molecule has 7 nitrogen and oxygen atoms in total. The first-order valence-electron chi connectivity index (χ1n) is 11.2. The number of hydrogen-bond acceptors (Lipinski definition) is 4. The number of methoxy groups -OCH3 is 1. The average Bonchev–Trinajstić information content (AvgIpc) is 2.87. The van der Waals surface area contributed by atoms with Crippen LogP contribution >= 0.6 is 0 Å². The van der Waals surface area contributed by atoms with Gasteiger partial charge in [0.2, 0.25) is 11.8 Å². The summed E-state index contributed by atoms with van der Waals surface area (Å²) in [5.41, 5.74) is 0.503. The highest BCUT2D eigenvalue weighted by Gasteiger charge is 2.37. The van der Waals surface area contributed by atoms with Gasteiger partial charge in [0.05, 0.1) is 30.5 Å². The van der Waals surface area contributed by atoms with Crippen LogP contribution in [0.15, 0.2) is 78.9 Å². The molecule has 3 aromatic carbocycles. The molecule has 1 atom stereocenters. The fraction of sp³-hybridized carbons (Fsp3) is 0.148. The van der Waals surface area contributed by atoms with Crippen LogP contribution in [0.5, 0.6) is 5.75 Å². The van der Waals surface area contributed by atoms with Crippen LogP contribution in [-0.2, 0) is 20.6 Å². The Bertz CT molecular complexity index is 1350. The average molecular weight is 509 g/mol. The topological polar surface area (TPSA) is 87.7 Å². The van der Waals surface area contributed by atoms with E-state index in [4.69, 9.17) is 4.74 Å². The molecule has 3 amide bonds. The van der Waals surface area contributed by atoms with Gasteiger partial charge in [0.15, 0.2) is 0 Å². The number of alkyl halides is 3. The number of hydrogen-bond donors (Lipinski definition) is 2. The number of ether oxygens (including phenoxy) is 1. The molecule has 4 rings (SSSR count). The summed E-state index contributed by atoms with van der Waals surface area (Å²) in [5, 5.41) is 5.07. The minimum atomic E-state index is -4.58. The summed E-state index contributed by atoms with van der Waals surface area (Å²) in [6.07, 6.45) is -2.20. The van der Waals surface area contributed by atoms with Crippen molar-refractivity contribution in [2.45, 2.75) is 18.6 Å². The number of fused-ring (bicyclic) bond motifs is 1. The van der Waals surface area contributed by atoms with Crippen molar-refractivity contribution in [2.75, 3.05) is 22.6 Å². The van der Waals surface area contributed by atoms with Gasteiger partial charge in [-0.15, -0.1) is 0 Å². The van der Waals surface area contributed by atoms with Crippen molar-refractivity contribution < 1.29 is 32.3 Å². The predicted octanol–water partition coefficient (Wildman–Crippen LogP) is 5.11. The molecule has 0 saturated carbocycles. The zero-order valence-electron chi connectivity index (χ0n) is 19.6. The number of nitrogens with zero attached hydrogens (tertiary/aromatic N) is 1. The summed E-state index contributed by atoms with van der Waals surface area (Å²) >= 11 is 0.